The third kappa shape index (κ3) is 3.55. The maximum Gasteiger partial charge on any atom is 0.245 e. The molecule has 4 nitrogen and oxygen atoms in total. The van der Waals surface area contributed by atoms with Gasteiger partial charge in [-0.25, -0.2) is 0 Å². The van der Waals surface area contributed by atoms with Gasteiger partial charge in [0, 0.05) is 17.6 Å². The van der Waals surface area contributed by atoms with Crippen LogP contribution in [0.3, 0.4) is 0 Å². The number of halogens is 1. The fourth-order valence-electron chi connectivity index (χ4n) is 2.32. The molecule has 5 heteroatoms. The molecule has 1 fully saturated rings. The summed E-state index contributed by atoms with van der Waals surface area (Å²) in [5.41, 5.74) is 0.958. The highest BCUT2D eigenvalue weighted by molar-refractivity contribution is 9.10. The Bertz CT molecular complexity index is 450. The Hall–Kier alpha value is -0.910. The van der Waals surface area contributed by atoms with Gasteiger partial charge in [0.25, 0.3) is 0 Å². The van der Waals surface area contributed by atoms with E-state index in [0.29, 0.717) is 0 Å². The molecular formula is C14H20BrN3O. The first kappa shape index (κ1) is 14.5. The zero-order valence-electron chi connectivity index (χ0n) is 11.4. The van der Waals surface area contributed by atoms with E-state index in [1.165, 1.54) is 0 Å². The van der Waals surface area contributed by atoms with E-state index in [1.54, 1.807) is 0 Å². The van der Waals surface area contributed by atoms with Gasteiger partial charge in [0.15, 0.2) is 0 Å². The molecule has 1 aliphatic rings. The molecule has 2 rings (SSSR count). The van der Waals surface area contributed by atoms with Gasteiger partial charge in [0.05, 0.1) is 5.69 Å². The van der Waals surface area contributed by atoms with Gasteiger partial charge in [-0.3, -0.25) is 4.79 Å². The van der Waals surface area contributed by atoms with E-state index in [9.17, 15) is 4.79 Å². The number of nitrogens with one attached hydrogen (secondary N) is 1. The van der Waals surface area contributed by atoms with Crippen LogP contribution in [0.4, 0.5) is 5.69 Å². The lowest BCUT2D eigenvalue weighted by Gasteiger charge is -2.26. The summed E-state index contributed by atoms with van der Waals surface area (Å²) in [6.45, 7) is 2.36. The molecule has 0 bridgehead atoms. The summed E-state index contributed by atoms with van der Waals surface area (Å²) in [5.74, 6) is 0.151. The predicted octanol–water partition coefficient (Wildman–Crippen LogP) is 1.71. The van der Waals surface area contributed by atoms with Crippen LogP contribution in [0.2, 0.25) is 0 Å². The van der Waals surface area contributed by atoms with E-state index in [1.807, 2.05) is 48.2 Å². The number of para-hydroxylation sites is 1. The quantitative estimate of drug-likeness (QED) is 0.918. The molecule has 0 saturated carbocycles. The van der Waals surface area contributed by atoms with Gasteiger partial charge in [0.1, 0.15) is 6.04 Å². The average Bonchev–Trinajstić information content (AvgIpc) is 2.53. The third-order valence-corrected chi connectivity index (χ3v) is 3.87. The van der Waals surface area contributed by atoms with Crippen LogP contribution in [0.15, 0.2) is 28.7 Å². The number of rotatable bonds is 3. The van der Waals surface area contributed by atoms with E-state index in [2.05, 4.69) is 21.2 Å². The normalized spacial score (nSPS) is 20.7. The molecule has 19 heavy (non-hydrogen) atoms. The minimum Gasteiger partial charge on any atom is -0.310 e. The van der Waals surface area contributed by atoms with Crippen molar-refractivity contribution in [2.24, 2.45) is 0 Å². The van der Waals surface area contributed by atoms with Crippen molar-refractivity contribution in [2.75, 3.05) is 38.6 Å². The Kier molecular flexibility index (Phi) is 4.96. The van der Waals surface area contributed by atoms with Crippen LogP contribution in [0.1, 0.15) is 6.42 Å². The minimum atomic E-state index is -0.135. The lowest BCUT2D eigenvalue weighted by molar-refractivity contribution is -0.120. The Morgan fingerprint density at radius 3 is 2.84 bits per heavy atom. The van der Waals surface area contributed by atoms with E-state index >= 15 is 0 Å². The molecule has 1 unspecified atom stereocenters. The molecule has 0 aromatic heterocycles. The number of anilines is 1. The fourth-order valence-corrected chi connectivity index (χ4v) is 2.82. The zero-order chi connectivity index (χ0) is 13.8. The van der Waals surface area contributed by atoms with Crippen molar-refractivity contribution in [2.45, 2.75) is 12.5 Å². The topological polar surface area (TPSA) is 35.6 Å². The molecular weight excluding hydrogens is 306 g/mol. The van der Waals surface area contributed by atoms with Crippen LogP contribution in [-0.4, -0.2) is 50.6 Å². The maximum absolute atomic E-state index is 12.6. The second kappa shape index (κ2) is 6.50. The van der Waals surface area contributed by atoms with Crippen molar-refractivity contribution in [3.8, 4) is 0 Å². The number of carbonyl (C=O) groups excluding carboxylic acids is 1. The summed E-state index contributed by atoms with van der Waals surface area (Å²) in [7, 11) is 3.98. The number of amides is 1. The Morgan fingerprint density at radius 1 is 1.42 bits per heavy atom. The number of carbonyl (C=O) groups is 1. The smallest absolute Gasteiger partial charge is 0.245 e. The molecule has 1 saturated heterocycles. The summed E-state index contributed by atoms with van der Waals surface area (Å²) in [6, 6.07) is 7.75. The Morgan fingerprint density at radius 2 is 2.16 bits per heavy atom. The molecule has 0 aliphatic carbocycles. The number of likely N-dealkylation sites (N-methyl/N-ethyl adjacent to an activating group) is 1. The largest absolute Gasteiger partial charge is 0.310 e. The zero-order valence-corrected chi connectivity index (χ0v) is 13.0. The van der Waals surface area contributed by atoms with Gasteiger partial charge < -0.3 is 15.1 Å². The van der Waals surface area contributed by atoms with Crippen LogP contribution < -0.4 is 10.2 Å². The number of hydrogen-bond acceptors (Lipinski definition) is 3. The summed E-state index contributed by atoms with van der Waals surface area (Å²) in [4.78, 5) is 16.6. The fraction of sp³-hybridized carbons (Fsp3) is 0.500. The molecule has 1 aromatic carbocycles. The number of hydrogen-bond donors (Lipinski definition) is 1. The average molecular weight is 326 g/mol. The van der Waals surface area contributed by atoms with Crippen molar-refractivity contribution in [1.29, 1.82) is 0 Å². The second-order valence-corrected chi connectivity index (χ2v) is 5.92. The lowest BCUT2D eigenvalue weighted by atomic mass is 10.2. The molecule has 0 radical (unpaired) electrons. The van der Waals surface area contributed by atoms with E-state index in [0.717, 1.165) is 36.2 Å². The van der Waals surface area contributed by atoms with Gasteiger partial charge in [-0.05, 0) is 55.1 Å². The van der Waals surface area contributed by atoms with Gasteiger partial charge in [-0.1, -0.05) is 12.1 Å². The molecule has 1 aromatic rings. The third-order valence-electron chi connectivity index (χ3n) is 3.20. The van der Waals surface area contributed by atoms with Crippen molar-refractivity contribution >= 4 is 27.5 Å². The monoisotopic (exact) mass is 325 g/mol. The first-order valence-corrected chi connectivity index (χ1v) is 7.33. The van der Waals surface area contributed by atoms with Gasteiger partial charge in [-0.15, -0.1) is 0 Å². The van der Waals surface area contributed by atoms with Gasteiger partial charge >= 0.3 is 0 Å². The molecule has 104 valence electrons. The van der Waals surface area contributed by atoms with Gasteiger partial charge in [-0.2, -0.15) is 0 Å². The summed E-state index contributed by atoms with van der Waals surface area (Å²) >= 11 is 3.53. The highest BCUT2D eigenvalue weighted by atomic mass is 79.9. The summed E-state index contributed by atoms with van der Waals surface area (Å²) in [5, 5.41) is 3.33. The molecule has 1 heterocycles. The van der Waals surface area contributed by atoms with Crippen molar-refractivity contribution < 1.29 is 4.79 Å². The Labute approximate surface area is 122 Å². The van der Waals surface area contributed by atoms with Gasteiger partial charge in [0.2, 0.25) is 5.91 Å². The maximum atomic E-state index is 12.6. The second-order valence-electron chi connectivity index (χ2n) is 5.06. The standard InChI is InChI=1S/C14H20BrN3O/c1-17(2)10-12-14(19)18(9-5-8-16-12)13-7-4-3-6-11(13)15/h3-4,6-7,12,16H,5,8-10H2,1-2H3. The van der Waals surface area contributed by atoms with E-state index in [4.69, 9.17) is 0 Å². The van der Waals surface area contributed by atoms with Crippen LogP contribution in [0.5, 0.6) is 0 Å². The summed E-state index contributed by atoms with van der Waals surface area (Å²) < 4.78 is 0.967. The molecule has 1 amide bonds. The predicted molar refractivity (Wildman–Crippen MR) is 81.5 cm³/mol. The molecule has 1 atom stereocenters. The van der Waals surface area contributed by atoms with E-state index < -0.39 is 0 Å². The molecule has 1 aliphatic heterocycles. The highest BCUT2D eigenvalue weighted by Gasteiger charge is 2.28. The number of benzene rings is 1. The summed E-state index contributed by atoms with van der Waals surface area (Å²) in [6.07, 6.45) is 0.969. The number of nitrogens with zero attached hydrogens (tertiary/aromatic N) is 2. The highest BCUT2D eigenvalue weighted by Crippen LogP contribution is 2.27. The first-order valence-electron chi connectivity index (χ1n) is 6.53. The molecule has 0 spiro atoms. The van der Waals surface area contributed by atoms with Crippen LogP contribution in [0.25, 0.3) is 0 Å². The first-order chi connectivity index (χ1) is 9.09. The Balaban J connectivity index is 2.24. The lowest BCUT2D eigenvalue weighted by Crippen LogP contribution is -2.49. The molecule has 1 N–H and O–H groups in total. The SMILES string of the molecule is CN(C)CC1NCCCN(c2ccccc2Br)C1=O. The van der Waals surface area contributed by atoms with E-state index in [-0.39, 0.29) is 11.9 Å². The van der Waals surface area contributed by atoms with Crippen LogP contribution >= 0.6 is 15.9 Å². The van der Waals surface area contributed by atoms with Crippen LogP contribution in [-0.2, 0) is 4.79 Å². The van der Waals surface area contributed by atoms with Crippen LogP contribution in [0, 0.1) is 0 Å². The minimum absolute atomic E-state index is 0.135. The van der Waals surface area contributed by atoms with Crippen molar-refractivity contribution in [3.05, 3.63) is 28.7 Å². The van der Waals surface area contributed by atoms with Crippen molar-refractivity contribution in [1.82, 2.24) is 10.2 Å². The van der Waals surface area contributed by atoms with Crippen molar-refractivity contribution in [3.63, 3.8) is 0 Å².